The summed E-state index contributed by atoms with van der Waals surface area (Å²) in [5.74, 6) is 0.981. The van der Waals surface area contributed by atoms with Gasteiger partial charge in [-0.2, -0.15) is 0 Å². The Kier molecular flexibility index (Phi) is 5.91. The predicted molar refractivity (Wildman–Crippen MR) is 115 cm³/mol. The molecule has 1 saturated heterocycles. The van der Waals surface area contributed by atoms with Gasteiger partial charge in [-0.1, -0.05) is 36.4 Å². The minimum absolute atomic E-state index is 0.00492. The molecule has 29 heavy (non-hydrogen) atoms. The number of rotatable bonds is 5. The molecular weight excluding hydrogens is 384 g/mol. The van der Waals surface area contributed by atoms with Crippen LogP contribution in [0.4, 0.5) is 5.69 Å². The summed E-state index contributed by atoms with van der Waals surface area (Å²) in [5.41, 5.74) is 0.628. The van der Waals surface area contributed by atoms with Gasteiger partial charge in [-0.15, -0.1) is 11.3 Å². The summed E-state index contributed by atoms with van der Waals surface area (Å²) in [6, 6.07) is 20.5. The quantitative estimate of drug-likeness (QED) is 0.646. The van der Waals surface area contributed by atoms with Gasteiger partial charge in [-0.25, -0.2) is 0 Å². The number of carbonyl (C=O) groups is 2. The Bertz CT molecular complexity index is 973. The van der Waals surface area contributed by atoms with Crippen LogP contribution in [0.15, 0.2) is 72.1 Å². The number of amides is 2. The van der Waals surface area contributed by atoms with Gasteiger partial charge in [0.1, 0.15) is 5.75 Å². The topological polar surface area (TPSA) is 58.6 Å². The molecule has 2 amide bonds. The molecule has 0 spiro atoms. The first-order valence-electron chi connectivity index (χ1n) is 9.66. The van der Waals surface area contributed by atoms with Crippen LogP contribution in [0.25, 0.3) is 0 Å². The summed E-state index contributed by atoms with van der Waals surface area (Å²) in [5, 5.41) is 4.89. The van der Waals surface area contributed by atoms with Gasteiger partial charge >= 0.3 is 0 Å². The lowest BCUT2D eigenvalue weighted by Gasteiger charge is -2.31. The van der Waals surface area contributed by atoms with Gasteiger partial charge in [0.15, 0.2) is 5.75 Å². The number of anilines is 1. The smallest absolute Gasteiger partial charge is 0.263 e. The second-order valence-corrected chi connectivity index (χ2v) is 7.92. The molecule has 2 aromatic carbocycles. The van der Waals surface area contributed by atoms with E-state index in [1.54, 1.807) is 4.90 Å². The first-order valence-corrected chi connectivity index (χ1v) is 10.5. The Balaban J connectivity index is 1.43. The van der Waals surface area contributed by atoms with E-state index in [0.717, 1.165) is 12.8 Å². The van der Waals surface area contributed by atoms with E-state index in [4.69, 9.17) is 4.74 Å². The maximum absolute atomic E-state index is 12.9. The highest BCUT2D eigenvalue weighted by Crippen LogP contribution is 2.30. The monoisotopic (exact) mass is 406 g/mol. The molecule has 4 rings (SSSR count). The molecule has 148 valence electrons. The van der Waals surface area contributed by atoms with Crippen LogP contribution < -0.4 is 10.1 Å². The summed E-state index contributed by atoms with van der Waals surface area (Å²) in [6.45, 7) is 1.12. The van der Waals surface area contributed by atoms with E-state index in [-0.39, 0.29) is 17.7 Å². The van der Waals surface area contributed by atoms with Crippen LogP contribution in [-0.4, -0.2) is 29.8 Å². The minimum Gasteiger partial charge on any atom is -0.455 e. The molecule has 0 aliphatic carbocycles. The highest BCUT2D eigenvalue weighted by Gasteiger charge is 2.29. The lowest BCUT2D eigenvalue weighted by molar-refractivity contribution is -0.121. The van der Waals surface area contributed by atoms with Gasteiger partial charge in [0.05, 0.1) is 16.5 Å². The molecule has 0 radical (unpaired) electrons. The molecule has 5 nitrogen and oxygen atoms in total. The summed E-state index contributed by atoms with van der Waals surface area (Å²) in [4.78, 5) is 28.1. The van der Waals surface area contributed by atoms with Gasteiger partial charge in [0.2, 0.25) is 5.91 Å². The SMILES string of the molecule is O=C(Nc1ccccc1Oc1ccccc1)[C@H]1CCCN(C(=O)c2cccs2)C1. The van der Waals surface area contributed by atoms with Crippen LogP contribution in [0.2, 0.25) is 0 Å². The molecule has 0 bridgehead atoms. The summed E-state index contributed by atoms with van der Waals surface area (Å²) in [6.07, 6.45) is 1.58. The number of carbonyl (C=O) groups excluding carboxylic acids is 2. The Morgan fingerprint density at radius 3 is 2.59 bits per heavy atom. The van der Waals surface area contributed by atoms with Crippen molar-refractivity contribution >= 4 is 28.8 Å². The molecule has 0 saturated carbocycles. The fourth-order valence-corrected chi connectivity index (χ4v) is 4.13. The highest BCUT2D eigenvalue weighted by molar-refractivity contribution is 7.12. The summed E-state index contributed by atoms with van der Waals surface area (Å²) < 4.78 is 5.93. The molecular formula is C23H22N2O3S. The molecule has 1 aliphatic rings. The van der Waals surface area contributed by atoms with Crippen LogP contribution in [0.5, 0.6) is 11.5 Å². The van der Waals surface area contributed by atoms with Crippen molar-refractivity contribution < 1.29 is 14.3 Å². The van der Waals surface area contributed by atoms with E-state index in [9.17, 15) is 9.59 Å². The van der Waals surface area contributed by atoms with Gasteiger partial charge in [0.25, 0.3) is 5.91 Å². The number of thiophene rings is 1. The number of ether oxygens (including phenoxy) is 1. The zero-order valence-electron chi connectivity index (χ0n) is 15.9. The van der Waals surface area contributed by atoms with Crippen LogP contribution in [0.3, 0.4) is 0 Å². The van der Waals surface area contributed by atoms with Crippen molar-refractivity contribution in [3.8, 4) is 11.5 Å². The third-order valence-corrected chi connectivity index (χ3v) is 5.79. The van der Waals surface area contributed by atoms with Crippen molar-refractivity contribution in [2.45, 2.75) is 12.8 Å². The number of nitrogens with zero attached hydrogens (tertiary/aromatic N) is 1. The highest BCUT2D eigenvalue weighted by atomic mass is 32.1. The zero-order valence-corrected chi connectivity index (χ0v) is 16.7. The van der Waals surface area contributed by atoms with E-state index in [0.29, 0.717) is 35.2 Å². The average Bonchev–Trinajstić information content (AvgIpc) is 3.30. The molecule has 2 heterocycles. The lowest BCUT2D eigenvalue weighted by Crippen LogP contribution is -2.43. The van der Waals surface area contributed by atoms with Crippen molar-refractivity contribution in [3.63, 3.8) is 0 Å². The first-order chi connectivity index (χ1) is 14.2. The molecule has 1 aliphatic heterocycles. The number of nitrogens with one attached hydrogen (secondary N) is 1. The molecule has 1 fully saturated rings. The van der Waals surface area contributed by atoms with Gasteiger partial charge in [-0.3, -0.25) is 9.59 Å². The fraction of sp³-hybridized carbons (Fsp3) is 0.217. The molecule has 0 unspecified atom stereocenters. The van der Waals surface area contributed by atoms with Crippen LogP contribution in [0.1, 0.15) is 22.5 Å². The average molecular weight is 407 g/mol. The number of para-hydroxylation sites is 3. The Hall–Kier alpha value is -3.12. The number of likely N-dealkylation sites (tertiary alicyclic amines) is 1. The third kappa shape index (κ3) is 4.66. The third-order valence-electron chi connectivity index (χ3n) is 4.93. The minimum atomic E-state index is -0.238. The maximum atomic E-state index is 12.9. The van der Waals surface area contributed by atoms with Crippen molar-refractivity contribution in [2.24, 2.45) is 5.92 Å². The Morgan fingerprint density at radius 2 is 1.79 bits per heavy atom. The van der Waals surface area contributed by atoms with Crippen molar-refractivity contribution in [3.05, 3.63) is 77.0 Å². The van der Waals surface area contributed by atoms with Crippen LogP contribution in [0, 0.1) is 5.92 Å². The first kappa shape index (κ1) is 19.2. The van der Waals surface area contributed by atoms with E-state index >= 15 is 0 Å². The van der Waals surface area contributed by atoms with E-state index < -0.39 is 0 Å². The normalized spacial score (nSPS) is 16.3. The summed E-state index contributed by atoms with van der Waals surface area (Å²) in [7, 11) is 0. The van der Waals surface area contributed by atoms with Crippen LogP contribution >= 0.6 is 11.3 Å². The molecule has 6 heteroatoms. The van der Waals surface area contributed by atoms with Crippen molar-refractivity contribution in [1.82, 2.24) is 4.90 Å². The number of hydrogen-bond acceptors (Lipinski definition) is 4. The largest absolute Gasteiger partial charge is 0.455 e. The number of piperidine rings is 1. The van der Waals surface area contributed by atoms with Gasteiger partial charge in [-0.05, 0) is 48.6 Å². The van der Waals surface area contributed by atoms with Gasteiger partial charge < -0.3 is 15.0 Å². The van der Waals surface area contributed by atoms with E-state index in [1.165, 1.54) is 11.3 Å². The second kappa shape index (κ2) is 8.92. The standard InChI is InChI=1S/C23H22N2O3S/c26-22(17-8-6-14-25(16-17)23(27)21-13-7-15-29-21)24-19-11-4-5-12-20(19)28-18-9-2-1-3-10-18/h1-5,7,9-13,15,17H,6,8,14,16H2,(H,24,26)/t17-/m0/s1. The van der Waals surface area contributed by atoms with Crippen molar-refractivity contribution in [1.29, 1.82) is 0 Å². The fourth-order valence-electron chi connectivity index (χ4n) is 3.44. The molecule has 1 aromatic heterocycles. The molecule has 1 atom stereocenters. The molecule has 3 aromatic rings. The van der Waals surface area contributed by atoms with E-state index in [1.807, 2.05) is 72.1 Å². The Labute approximate surface area is 173 Å². The van der Waals surface area contributed by atoms with Crippen LogP contribution in [-0.2, 0) is 4.79 Å². The number of benzene rings is 2. The zero-order chi connectivity index (χ0) is 20.1. The molecule has 1 N–H and O–H groups in total. The second-order valence-electron chi connectivity index (χ2n) is 6.97. The summed E-state index contributed by atoms with van der Waals surface area (Å²) >= 11 is 1.43. The number of hydrogen-bond donors (Lipinski definition) is 1. The predicted octanol–water partition coefficient (Wildman–Crippen LogP) is 5.03. The van der Waals surface area contributed by atoms with Gasteiger partial charge in [0, 0.05) is 13.1 Å². The Morgan fingerprint density at radius 1 is 1.00 bits per heavy atom. The van der Waals surface area contributed by atoms with E-state index in [2.05, 4.69) is 5.32 Å². The van der Waals surface area contributed by atoms with Crippen molar-refractivity contribution in [2.75, 3.05) is 18.4 Å². The lowest BCUT2D eigenvalue weighted by atomic mass is 9.96. The maximum Gasteiger partial charge on any atom is 0.263 e.